The highest BCUT2D eigenvalue weighted by atomic mass is 16.5. The lowest BCUT2D eigenvalue weighted by molar-refractivity contribution is 0.0732. The van der Waals surface area contributed by atoms with Crippen LogP contribution in [0.25, 0.3) is 0 Å². The summed E-state index contributed by atoms with van der Waals surface area (Å²) in [6.07, 6.45) is 8.83. The molecule has 0 unspecified atom stereocenters. The van der Waals surface area contributed by atoms with Crippen molar-refractivity contribution in [1.82, 2.24) is 10.6 Å². The first-order valence-corrected chi connectivity index (χ1v) is 9.76. The summed E-state index contributed by atoms with van der Waals surface area (Å²) >= 11 is 0. The highest BCUT2D eigenvalue weighted by Crippen LogP contribution is 2.49. The van der Waals surface area contributed by atoms with E-state index in [0.29, 0.717) is 10.8 Å². The molecule has 140 valence electrons. The van der Waals surface area contributed by atoms with Crippen molar-refractivity contribution in [2.45, 2.75) is 58.8 Å². The Morgan fingerprint density at radius 1 is 1.00 bits per heavy atom. The first kappa shape index (κ1) is 19.5. The molecule has 0 aromatic carbocycles. The predicted molar refractivity (Wildman–Crippen MR) is 99.5 cm³/mol. The van der Waals surface area contributed by atoms with Gasteiger partial charge in [-0.3, -0.25) is 4.99 Å². The zero-order valence-corrected chi connectivity index (χ0v) is 16.0. The van der Waals surface area contributed by atoms with Crippen molar-refractivity contribution in [3.05, 3.63) is 0 Å². The van der Waals surface area contributed by atoms with E-state index in [-0.39, 0.29) is 0 Å². The Morgan fingerprint density at radius 2 is 1.75 bits per heavy atom. The molecule has 0 aromatic rings. The van der Waals surface area contributed by atoms with Crippen LogP contribution in [0.1, 0.15) is 58.8 Å². The number of hydrogen-bond donors (Lipinski definition) is 2. The second-order valence-corrected chi connectivity index (χ2v) is 7.59. The minimum atomic E-state index is 0.404. The third kappa shape index (κ3) is 5.92. The first-order valence-electron chi connectivity index (χ1n) is 9.76. The van der Waals surface area contributed by atoms with Gasteiger partial charge in [0, 0.05) is 46.6 Å². The maximum Gasteiger partial charge on any atom is 0.191 e. The van der Waals surface area contributed by atoms with Gasteiger partial charge in [-0.1, -0.05) is 6.42 Å². The van der Waals surface area contributed by atoms with Crippen LogP contribution in [0.4, 0.5) is 0 Å². The summed E-state index contributed by atoms with van der Waals surface area (Å²) < 4.78 is 10.8. The van der Waals surface area contributed by atoms with Crippen LogP contribution in [-0.4, -0.2) is 52.5 Å². The fourth-order valence-electron chi connectivity index (χ4n) is 3.47. The summed E-state index contributed by atoms with van der Waals surface area (Å²) in [5.41, 5.74) is 0.820. The lowest BCUT2D eigenvalue weighted by Gasteiger charge is -2.42. The molecule has 2 N–H and O–H groups in total. The van der Waals surface area contributed by atoms with E-state index >= 15 is 0 Å². The second kappa shape index (κ2) is 9.62. The molecule has 5 nitrogen and oxygen atoms in total. The van der Waals surface area contributed by atoms with Crippen molar-refractivity contribution in [2.24, 2.45) is 15.8 Å². The van der Waals surface area contributed by atoms with Gasteiger partial charge >= 0.3 is 0 Å². The molecule has 0 amide bonds. The quantitative estimate of drug-likeness (QED) is 0.326. The molecule has 0 spiro atoms. The molecule has 2 aliphatic rings. The molecule has 2 saturated carbocycles. The number of methoxy groups -OCH3 is 1. The highest BCUT2D eigenvalue weighted by Gasteiger charge is 2.42. The number of ether oxygens (including phenoxy) is 2. The minimum absolute atomic E-state index is 0.404. The van der Waals surface area contributed by atoms with Crippen molar-refractivity contribution in [3.63, 3.8) is 0 Å². The van der Waals surface area contributed by atoms with Crippen LogP contribution in [0.3, 0.4) is 0 Å². The molecule has 2 aliphatic carbocycles. The molecule has 2 fully saturated rings. The Balaban J connectivity index is 1.80. The zero-order valence-electron chi connectivity index (χ0n) is 16.0. The first-order chi connectivity index (χ1) is 11.7. The number of rotatable bonds is 12. The van der Waals surface area contributed by atoms with Crippen molar-refractivity contribution in [1.29, 1.82) is 0 Å². The van der Waals surface area contributed by atoms with E-state index in [9.17, 15) is 0 Å². The Hall–Kier alpha value is -0.810. The van der Waals surface area contributed by atoms with E-state index in [4.69, 9.17) is 14.5 Å². The van der Waals surface area contributed by atoms with Gasteiger partial charge in [0.2, 0.25) is 0 Å². The van der Waals surface area contributed by atoms with Crippen molar-refractivity contribution in [2.75, 3.05) is 46.6 Å². The Labute approximate surface area is 148 Å². The molecule has 5 heteroatoms. The molecule has 0 atom stereocenters. The molecule has 0 aromatic heterocycles. The van der Waals surface area contributed by atoms with Gasteiger partial charge in [0.15, 0.2) is 5.96 Å². The van der Waals surface area contributed by atoms with Gasteiger partial charge in [0.1, 0.15) is 0 Å². The Morgan fingerprint density at radius 3 is 2.29 bits per heavy atom. The van der Waals surface area contributed by atoms with Gasteiger partial charge in [-0.15, -0.1) is 0 Å². The molecule has 0 radical (unpaired) electrons. The SMILES string of the molecule is CCNC(=NCC1(CCOCC)CC1)NCC1(CCOC)CCC1. The number of aliphatic imine (C=N–C) groups is 1. The zero-order chi connectivity index (χ0) is 17.3. The lowest BCUT2D eigenvalue weighted by Crippen LogP contribution is -2.47. The fourth-order valence-corrected chi connectivity index (χ4v) is 3.47. The minimum Gasteiger partial charge on any atom is -0.385 e. The summed E-state index contributed by atoms with van der Waals surface area (Å²) in [7, 11) is 1.79. The standard InChI is InChI=1S/C19H37N3O2/c1-4-20-17(21-15-18(7-6-8-18)11-13-23-3)22-16-19(9-10-19)12-14-24-5-2/h4-16H2,1-3H3,(H2,20,21,22). The molecule has 0 aliphatic heterocycles. The van der Waals surface area contributed by atoms with E-state index < -0.39 is 0 Å². The van der Waals surface area contributed by atoms with Crippen molar-refractivity contribution < 1.29 is 9.47 Å². The van der Waals surface area contributed by atoms with E-state index in [2.05, 4.69) is 24.5 Å². The van der Waals surface area contributed by atoms with Crippen LogP contribution in [0.2, 0.25) is 0 Å². The molecular weight excluding hydrogens is 302 g/mol. The summed E-state index contributed by atoms with van der Waals surface area (Å²) in [5.74, 6) is 0.976. The number of guanidine groups is 1. The molecule has 2 rings (SSSR count). The summed E-state index contributed by atoms with van der Waals surface area (Å²) in [4.78, 5) is 4.88. The molecule has 0 bridgehead atoms. The lowest BCUT2D eigenvalue weighted by atomic mass is 9.67. The van der Waals surface area contributed by atoms with Crippen molar-refractivity contribution >= 4 is 5.96 Å². The highest BCUT2D eigenvalue weighted by molar-refractivity contribution is 5.79. The number of nitrogens with one attached hydrogen (secondary N) is 2. The molecular formula is C19H37N3O2. The Kier molecular flexibility index (Phi) is 7.82. The topological polar surface area (TPSA) is 54.9 Å². The number of hydrogen-bond acceptors (Lipinski definition) is 3. The summed E-state index contributed by atoms with van der Waals surface area (Å²) in [6, 6.07) is 0. The van der Waals surface area contributed by atoms with E-state index in [1.165, 1.54) is 32.1 Å². The van der Waals surface area contributed by atoms with Crippen LogP contribution < -0.4 is 10.6 Å². The predicted octanol–water partition coefficient (Wildman–Crippen LogP) is 2.96. The largest absolute Gasteiger partial charge is 0.385 e. The normalized spacial score (nSPS) is 21.2. The van der Waals surface area contributed by atoms with Gasteiger partial charge in [-0.05, 0) is 63.2 Å². The van der Waals surface area contributed by atoms with Gasteiger partial charge in [0.05, 0.1) is 0 Å². The van der Waals surface area contributed by atoms with Gasteiger partial charge in [0.25, 0.3) is 0 Å². The van der Waals surface area contributed by atoms with E-state index in [1.807, 2.05) is 0 Å². The maximum absolute atomic E-state index is 5.52. The monoisotopic (exact) mass is 339 g/mol. The third-order valence-corrected chi connectivity index (χ3v) is 5.74. The van der Waals surface area contributed by atoms with Crippen LogP contribution in [0.5, 0.6) is 0 Å². The third-order valence-electron chi connectivity index (χ3n) is 5.74. The molecule has 0 saturated heterocycles. The van der Waals surface area contributed by atoms with Crippen LogP contribution in [0.15, 0.2) is 4.99 Å². The average molecular weight is 340 g/mol. The summed E-state index contributed by atoms with van der Waals surface area (Å²) in [5, 5.41) is 7.00. The van der Waals surface area contributed by atoms with Gasteiger partial charge in [-0.25, -0.2) is 0 Å². The van der Waals surface area contributed by atoms with Gasteiger partial charge < -0.3 is 20.1 Å². The second-order valence-electron chi connectivity index (χ2n) is 7.59. The van der Waals surface area contributed by atoms with Gasteiger partial charge in [-0.2, -0.15) is 0 Å². The van der Waals surface area contributed by atoms with Crippen LogP contribution >= 0.6 is 0 Å². The average Bonchev–Trinajstić information content (AvgIpc) is 3.31. The smallest absolute Gasteiger partial charge is 0.191 e. The van der Waals surface area contributed by atoms with E-state index in [0.717, 1.165) is 58.3 Å². The van der Waals surface area contributed by atoms with Crippen molar-refractivity contribution in [3.8, 4) is 0 Å². The summed E-state index contributed by atoms with van der Waals surface area (Å²) in [6.45, 7) is 9.56. The van der Waals surface area contributed by atoms with Crippen LogP contribution in [-0.2, 0) is 9.47 Å². The Bertz CT molecular complexity index is 390. The maximum atomic E-state index is 5.52. The molecule has 24 heavy (non-hydrogen) atoms. The molecule has 0 heterocycles. The van der Waals surface area contributed by atoms with E-state index in [1.54, 1.807) is 7.11 Å². The van der Waals surface area contributed by atoms with Crippen LogP contribution in [0, 0.1) is 10.8 Å². The fraction of sp³-hybridized carbons (Fsp3) is 0.947. The number of nitrogens with zero attached hydrogens (tertiary/aromatic N) is 1.